The molecule has 0 aliphatic rings. The van der Waals surface area contributed by atoms with Crippen LogP contribution < -0.4 is 4.42 Å². The summed E-state index contributed by atoms with van der Waals surface area (Å²) >= 11 is 5.64. The topological polar surface area (TPSA) is 5.90 Å². The molecule has 1 rings (SSSR count). The molecule has 0 fully saturated rings. The molecule has 0 aliphatic carbocycles. The average molecular weight is 142 g/mol. The van der Waals surface area contributed by atoms with Crippen LogP contribution in [0.25, 0.3) is 0 Å². The van der Waals surface area contributed by atoms with Crippen LogP contribution in [-0.4, -0.2) is 7.05 Å². The Kier molecular flexibility index (Phi) is 2.09. The maximum Gasteiger partial charge on any atom is 0.232 e. The van der Waals surface area contributed by atoms with E-state index in [9.17, 15) is 0 Å². The third kappa shape index (κ3) is 1.70. The lowest BCUT2D eigenvalue weighted by Crippen LogP contribution is -2.00. The Morgan fingerprint density at radius 3 is 2.11 bits per heavy atom. The van der Waals surface area contributed by atoms with Gasteiger partial charge in [0, 0.05) is 12.1 Å². The third-order valence-corrected chi connectivity index (χ3v) is 1.31. The van der Waals surface area contributed by atoms with Crippen molar-refractivity contribution < 1.29 is 0 Å². The molecule has 0 saturated carbocycles. The highest BCUT2D eigenvalue weighted by molar-refractivity contribution is 6.18. The fraction of sp³-hybridized carbons (Fsp3) is 0.143. The quantitative estimate of drug-likeness (QED) is 0.529. The Morgan fingerprint density at radius 1 is 1.22 bits per heavy atom. The van der Waals surface area contributed by atoms with E-state index in [1.54, 1.807) is 11.5 Å². The van der Waals surface area contributed by atoms with Crippen molar-refractivity contribution in [3.63, 3.8) is 0 Å². The minimum Gasteiger partial charge on any atom is -0.0618 e. The van der Waals surface area contributed by atoms with Gasteiger partial charge >= 0.3 is 0 Å². The van der Waals surface area contributed by atoms with Gasteiger partial charge in [0.05, 0.1) is 0 Å². The molecule has 47 valence electrons. The van der Waals surface area contributed by atoms with Crippen molar-refractivity contribution in [2.45, 2.75) is 0 Å². The van der Waals surface area contributed by atoms with Crippen LogP contribution in [0.5, 0.6) is 0 Å². The number of anilines is 1. The molecule has 0 atom stereocenters. The molecule has 1 aromatic rings. The molecule has 0 amide bonds. The van der Waals surface area contributed by atoms with Crippen LogP contribution in [0, 0.1) is 0 Å². The van der Waals surface area contributed by atoms with Gasteiger partial charge in [-0.3, -0.25) is 0 Å². The molecule has 1 aromatic carbocycles. The highest BCUT2D eigenvalue weighted by Gasteiger charge is 2.05. The van der Waals surface area contributed by atoms with Crippen molar-refractivity contribution in [1.82, 2.24) is 4.42 Å². The van der Waals surface area contributed by atoms with Crippen LogP contribution in [0.3, 0.4) is 0 Å². The minimum atomic E-state index is 1.01. The van der Waals surface area contributed by atoms with Crippen LogP contribution in [0.4, 0.5) is 5.69 Å². The summed E-state index contributed by atoms with van der Waals surface area (Å²) in [5, 5.41) is 0. The summed E-state index contributed by atoms with van der Waals surface area (Å²) in [6.07, 6.45) is 0. The fourth-order valence-corrected chi connectivity index (χ4v) is 0.746. The number of hydrogen-bond donors (Lipinski definition) is 0. The van der Waals surface area contributed by atoms with Crippen molar-refractivity contribution in [2.24, 2.45) is 0 Å². The zero-order valence-corrected chi connectivity index (χ0v) is 5.97. The molecule has 2 heteroatoms. The number of hydrogen-bond acceptors (Lipinski definition) is 1. The first-order valence-corrected chi connectivity index (χ1v) is 3.09. The zero-order valence-electron chi connectivity index (χ0n) is 5.21. The molecule has 1 radical (unpaired) electrons. The van der Waals surface area contributed by atoms with Crippen LogP contribution in [-0.2, 0) is 0 Å². The fourth-order valence-electron chi connectivity index (χ4n) is 0.633. The van der Waals surface area contributed by atoms with Gasteiger partial charge in [-0.05, 0) is 4.42 Å². The smallest absolute Gasteiger partial charge is 0.0618 e. The van der Waals surface area contributed by atoms with E-state index in [0.29, 0.717) is 0 Å². The molecule has 9 heavy (non-hydrogen) atoms. The summed E-state index contributed by atoms with van der Waals surface area (Å²) in [6.45, 7) is 0. The number of rotatable bonds is 1. The predicted molar refractivity (Wildman–Crippen MR) is 40.0 cm³/mol. The third-order valence-electron chi connectivity index (χ3n) is 1.11. The van der Waals surface area contributed by atoms with E-state index in [1.165, 1.54) is 0 Å². The van der Waals surface area contributed by atoms with Crippen LogP contribution in [0.2, 0.25) is 0 Å². The highest BCUT2D eigenvalue weighted by atomic mass is 35.5. The molecule has 0 unspecified atom stereocenters. The molecule has 0 spiro atoms. The van der Waals surface area contributed by atoms with Crippen molar-refractivity contribution >= 4 is 17.5 Å². The summed E-state index contributed by atoms with van der Waals surface area (Å²) in [4.78, 5) is 0. The predicted octanol–water partition coefficient (Wildman–Crippen LogP) is 2.24. The molecule has 0 aromatic heterocycles. The summed E-state index contributed by atoms with van der Waals surface area (Å²) in [7, 11) is 1.80. The normalized spacial score (nSPS) is 10.1. The zero-order chi connectivity index (χ0) is 6.69. The van der Waals surface area contributed by atoms with Crippen molar-refractivity contribution in [3.05, 3.63) is 30.3 Å². The van der Waals surface area contributed by atoms with E-state index in [0.717, 1.165) is 5.69 Å². The van der Waals surface area contributed by atoms with Gasteiger partial charge in [-0.25, -0.2) is 0 Å². The van der Waals surface area contributed by atoms with Crippen molar-refractivity contribution in [2.75, 3.05) is 7.05 Å². The molecule has 0 bridgehead atoms. The van der Waals surface area contributed by atoms with Gasteiger partial charge in [0.2, 0.25) is 17.5 Å². The highest BCUT2D eigenvalue weighted by Crippen LogP contribution is 2.11. The molecular formula is C7H8ClN+. The van der Waals surface area contributed by atoms with Gasteiger partial charge in [0.15, 0.2) is 0 Å². The van der Waals surface area contributed by atoms with Crippen LogP contribution >= 0.6 is 11.8 Å². The molecule has 0 heterocycles. The lowest BCUT2D eigenvalue weighted by molar-refractivity contribution is 0.963. The Labute approximate surface area is 60.0 Å². The summed E-state index contributed by atoms with van der Waals surface area (Å²) < 4.78 is 1.56. The summed E-state index contributed by atoms with van der Waals surface area (Å²) in [5.41, 5.74) is 1.01. The molecular weight excluding hydrogens is 134 g/mol. The monoisotopic (exact) mass is 141 g/mol. The van der Waals surface area contributed by atoms with E-state index in [-0.39, 0.29) is 0 Å². The second-order valence-electron chi connectivity index (χ2n) is 1.81. The lowest BCUT2D eigenvalue weighted by Gasteiger charge is -1.90. The van der Waals surface area contributed by atoms with Crippen LogP contribution in [0.15, 0.2) is 30.3 Å². The average Bonchev–Trinajstić information content (AvgIpc) is 1.90. The Morgan fingerprint density at radius 2 is 1.78 bits per heavy atom. The van der Waals surface area contributed by atoms with E-state index in [2.05, 4.69) is 0 Å². The number of benzene rings is 1. The Balaban J connectivity index is 2.85. The van der Waals surface area contributed by atoms with Gasteiger partial charge < -0.3 is 0 Å². The van der Waals surface area contributed by atoms with Crippen molar-refractivity contribution in [3.8, 4) is 0 Å². The van der Waals surface area contributed by atoms with E-state index >= 15 is 0 Å². The van der Waals surface area contributed by atoms with E-state index in [1.807, 2.05) is 30.3 Å². The molecule has 1 nitrogen and oxygen atoms in total. The first kappa shape index (κ1) is 6.59. The van der Waals surface area contributed by atoms with Gasteiger partial charge in [0.25, 0.3) is 0 Å². The van der Waals surface area contributed by atoms with Gasteiger partial charge in [-0.2, -0.15) is 0 Å². The number of nitrogens with zero attached hydrogens (tertiary/aromatic N) is 1. The first-order chi connectivity index (χ1) is 4.30. The maximum absolute atomic E-state index is 5.64. The van der Waals surface area contributed by atoms with Gasteiger partial charge in [-0.15, -0.1) is 0 Å². The summed E-state index contributed by atoms with van der Waals surface area (Å²) in [6, 6.07) is 9.77. The maximum atomic E-state index is 5.64. The van der Waals surface area contributed by atoms with E-state index in [4.69, 9.17) is 11.8 Å². The SMILES string of the molecule is C[N+](Cl)c1ccccc1. The second kappa shape index (κ2) is 2.85. The number of halogens is 1. The molecule has 0 N–H and O–H groups in total. The van der Waals surface area contributed by atoms with Gasteiger partial charge in [0.1, 0.15) is 7.05 Å². The molecule has 0 aliphatic heterocycles. The van der Waals surface area contributed by atoms with Crippen molar-refractivity contribution in [1.29, 1.82) is 0 Å². The largest absolute Gasteiger partial charge is 0.232 e. The standard InChI is InChI=1S/C7H8ClN/c1-9(8)7-5-3-2-4-6-7/h2-6H,1H3/q+1. The minimum absolute atomic E-state index is 1.01. The molecule has 0 saturated heterocycles. The van der Waals surface area contributed by atoms with Crippen LogP contribution in [0.1, 0.15) is 0 Å². The van der Waals surface area contributed by atoms with E-state index < -0.39 is 0 Å². The summed E-state index contributed by atoms with van der Waals surface area (Å²) in [5.74, 6) is 0. The Hall–Kier alpha value is -0.530. The second-order valence-corrected chi connectivity index (χ2v) is 2.32. The lowest BCUT2D eigenvalue weighted by atomic mass is 10.3. The number of para-hydroxylation sites is 1. The first-order valence-electron chi connectivity index (χ1n) is 2.75. The Bertz CT molecular complexity index is 172. The van der Waals surface area contributed by atoms with Gasteiger partial charge in [-0.1, -0.05) is 18.2 Å².